The lowest BCUT2D eigenvalue weighted by Gasteiger charge is -2.08. The lowest BCUT2D eigenvalue weighted by molar-refractivity contribution is 0.00526. The van der Waals surface area contributed by atoms with Gasteiger partial charge >= 0.3 is 10.4 Å². The van der Waals surface area contributed by atoms with Crippen LogP contribution in [0.25, 0.3) is 0 Å². The number of unbranched alkanes of at least 4 members (excludes halogenated alkanes) is 15. The van der Waals surface area contributed by atoms with Gasteiger partial charge < -0.3 is 14.9 Å². The molecule has 0 spiro atoms. The van der Waals surface area contributed by atoms with Gasteiger partial charge in [0.25, 0.3) is 0 Å². The Morgan fingerprint density at radius 1 is 0.690 bits per heavy atom. The van der Waals surface area contributed by atoms with Crippen LogP contribution < -0.4 is 0 Å². The summed E-state index contributed by atoms with van der Waals surface area (Å²) in [5.74, 6) is 0. The Labute approximate surface area is 178 Å². The summed E-state index contributed by atoms with van der Waals surface area (Å²) in [6.45, 7) is 3.03. The highest BCUT2D eigenvalue weighted by Crippen LogP contribution is 2.13. The third-order valence-corrected chi connectivity index (χ3v) is 4.66. The molecule has 0 rings (SSSR count). The molecule has 0 bridgehead atoms. The number of hydrogen-bond donors (Lipinski definition) is 4. The summed E-state index contributed by atoms with van der Waals surface area (Å²) in [4.78, 5) is 0. The number of aliphatic hydroxyl groups excluding tert-OH is 2. The molecule has 8 heteroatoms. The van der Waals surface area contributed by atoms with Crippen LogP contribution in [0.2, 0.25) is 0 Å². The maximum absolute atomic E-state index is 9.12. The first-order valence-corrected chi connectivity index (χ1v) is 12.8. The third-order valence-electron chi connectivity index (χ3n) is 4.66. The minimum absolute atomic E-state index is 0.209. The van der Waals surface area contributed by atoms with E-state index in [1.54, 1.807) is 0 Å². The van der Waals surface area contributed by atoms with Gasteiger partial charge in [0.15, 0.2) is 0 Å². The van der Waals surface area contributed by atoms with Crippen molar-refractivity contribution < 1.29 is 32.5 Å². The fraction of sp³-hybridized carbons (Fsp3) is 1.00. The molecule has 0 aliphatic rings. The van der Waals surface area contributed by atoms with Crippen LogP contribution in [0.3, 0.4) is 0 Å². The summed E-state index contributed by atoms with van der Waals surface area (Å²) in [7, 11) is -4.67. The Morgan fingerprint density at radius 3 is 1.31 bits per heavy atom. The number of rotatable bonds is 20. The van der Waals surface area contributed by atoms with E-state index in [1.807, 2.05) is 0 Å². The van der Waals surface area contributed by atoms with Crippen molar-refractivity contribution in [1.82, 2.24) is 0 Å². The first-order valence-electron chi connectivity index (χ1n) is 11.4. The highest BCUT2D eigenvalue weighted by atomic mass is 32.3. The quantitative estimate of drug-likeness (QED) is 0.155. The van der Waals surface area contributed by atoms with Gasteiger partial charge in [0.05, 0.1) is 13.2 Å². The van der Waals surface area contributed by atoms with Crippen molar-refractivity contribution in [1.29, 1.82) is 0 Å². The molecule has 4 N–H and O–H groups in total. The molecule has 0 aromatic rings. The van der Waals surface area contributed by atoms with Crippen LogP contribution in [0.5, 0.6) is 0 Å². The molecule has 7 nitrogen and oxygen atoms in total. The van der Waals surface area contributed by atoms with Gasteiger partial charge in [-0.05, 0) is 6.42 Å². The van der Waals surface area contributed by atoms with Crippen LogP contribution in [0.1, 0.15) is 110 Å². The number of hydrogen-bond acceptors (Lipinski definition) is 5. The Morgan fingerprint density at radius 2 is 1.00 bits per heavy atom. The van der Waals surface area contributed by atoms with Gasteiger partial charge in [0, 0.05) is 6.61 Å². The van der Waals surface area contributed by atoms with Crippen molar-refractivity contribution >= 4 is 10.4 Å². The van der Waals surface area contributed by atoms with Crippen LogP contribution in [-0.4, -0.2) is 53.7 Å². The molecule has 0 saturated heterocycles. The van der Waals surface area contributed by atoms with E-state index in [-0.39, 0.29) is 13.2 Å². The summed E-state index contributed by atoms with van der Waals surface area (Å²) in [5.41, 5.74) is 0. The van der Waals surface area contributed by atoms with Gasteiger partial charge in [-0.1, -0.05) is 103 Å². The van der Waals surface area contributed by atoms with Gasteiger partial charge in [-0.2, -0.15) is 8.42 Å². The van der Waals surface area contributed by atoms with Gasteiger partial charge in [-0.25, -0.2) is 0 Å². The van der Waals surface area contributed by atoms with E-state index in [2.05, 4.69) is 6.92 Å². The fourth-order valence-electron chi connectivity index (χ4n) is 3.02. The predicted molar refractivity (Wildman–Crippen MR) is 118 cm³/mol. The van der Waals surface area contributed by atoms with Crippen LogP contribution >= 0.6 is 0 Å². The molecule has 0 radical (unpaired) electrons. The van der Waals surface area contributed by atoms with Crippen molar-refractivity contribution in [3.63, 3.8) is 0 Å². The standard InChI is InChI=1S/C21H44O3.H2O4S/c1-2-3-4-5-6-7-8-9-10-11-12-13-14-15-16-17-18-24-20-21(23)19-22;1-5(2,3)4/h21-23H,2-20H2,1H3;(H2,1,2,3,4). The Bertz CT molecular complexity index is 394. The predicted octanol–water partition coefficient (Wildman–Crippen LogP) is 4.96. The molecule has 0 heterocycles. The van der Waals surface area contributed by atoms with Crippen LogP contribution in [0, 0.1) is 0 Å². The van der Waals surface area contributed by atoms with E-state index in [4.69, 9.17) is 32.5 Å². The Hall–Kier alpha value is -0.250. The highest BCUT2D eigenvalue weighted by molar-refractivity contribution is 7.79. The summed E-state index contributed by atoms with van der Waals surface area (Å²) in [5, 5.41) is 17.8. The Kier molecular flexibility index (Phi) is 25.6. The second-order valence-corrected chi connectivity index (χ2v) is 8.56. The number of ether oxygens (including phenoxy) is 1. The number of aliphatic hydroxyl groups is 2. The van der Waals surface area contributed by atoms with Gasteiger partial charge in [-0.3, -0.25) is 9.11 Å². The van der Waals surface area contributed by atoms with E-state index in [9.17, 15) is 0 Å². The fourth-order valence-corrected chi connectivity index (χ4v) is 3.02. The van der Waals surface area contributed by atoms with E-state index < -0.39 is 16.5 Å². The molecular weight excluding hydrogens is 396 g/mol. The third kappa shape index (κ3) is 38.9. The molecule has 0 fully saturated rings. The molecule has 0 aromatic heterocycles. The minimum atomic E-state index is -4.67. The molecule has 0 amide bonds. The monoisotopic (exact) mass is 442 g/mol. The van der Waals surface area contributed by atoms with Crippen molar-refractivity contribution in [3.8, 4) is 0 Å². The molecule has 0 saturated carbocycles. The first kappa shape index (κ1) is 30.9. The summed E-state index contributed by atoms with van der Waals surface area (Å²) in [6.07, 6.45) is 21.2. The lowest BCUT2D eigenvalue weighted by Crippen LogP contribution is -2.19. The molecule has 1 unspecified atom stereocenters. The van der Waals surface area contributed by atoms with Gasteiger partial charge in [-0.15, -0.1) is 0 Å². The van der Waals surface area contributed by atoms with E-state index in [1.165, 1.54) is 96.3 Å². The summed E-state index contributed by atoms with van der Waals surface area (Å²) >= 11 is 0. The minimum Gasteiger partial charge on any atom is -0.394 e. The van der Waals surface area contributed by atoms with E-state index in [0.717, 1.165) is 6.42 Å². The van der Waals surface area contributed by atoms with E-state index >= 15 is 0 Å². The van der Waals surface area contributed by atoms with Crippen molar-refractivity contribution in [2.45, 2.75) is 116 Å². The van der Waals surface area contributed by atoms with Crippen molar-refractivity contribution in [3.05, 3.63) is 0 Å². The molecule has 1 atom stereocenters. The summed E-state index contributed by atoms with van der Waals surface area (Å²) in [6, 6.07) is 0. The smallest absolute Gasteiger partial charge is 0.394 e. The second kappa shape index (κ2) is 24.0. The summed E-state index contributed by atoms with van der Waals surface area (Å²) < 4.78 is 36.9. The molecule has 178 valence electrons. The molecule has 29 heavy (non-hydrogen) atoms. The van der Waals surface area contributed by atoms with Gasteiger partial charge in [0.1, 0.15) is 6.10 Å². The second-order valence-electron chi connectivity index (χ2n) is 7.66. The van der Waals surface area contributed by atoms with Crippen LogP contribution in [0.4, 0.5) is 0 Å². The van der Waals surface area contributed by atoms with Crippen LogP contribution in [-0.2, 0) is 15.1 Å². The lowest BCUT2D eigenvalue weighted by atomic mass is 10.0. The SMILES string of the molecule is CCCCCCCCCCCCCCCCCCOCC(O)CO.O=S(=O)(O)O. The van der Waals surface area contributed by atoms with Crippen molar-refractivity contribution in [2.24, 2.45) is 0 Å². The molecule has 0 aromatic carbocycles. The largest absolute Gasteiger partial charge is 0.394 e. The molecule has 0 aliphatic carbocycles. The average Bonchev–Trinajstić information content (AvgIpc) is 2.65. The zero-order chi connectivity index (χ0) is 22.2. The average molecular weight is 443 g/mol. The molecular formula is C21H46O7S. The first-order chi connectivity index (χ1) is 13.8. The van der Waals surface area contributed by atoms with Crippen LogP contribution in [0.15, 0.2) is 0 Å². The van der Waals surface area contributed by atoms with E-state index in [0.29, 0.717) is 6.61 Å². The maximum Gasteiger partial charge on any atom is 0.394 e. The highest BCUT2D eigenvalue weighted by Gasteiger charge is 2.00. The van der Waals surface area contributed by atoms with Crippen molar-refractivity contribution in [2.75, 3.05) is 19.8 Å². The maximum atomic E-state index is 9.12. The normalized spacial score (nSPS) is 12.4. The zero-order valence-corrected chi connectivity index (χ0v) is 19.3. The van der Waals surface area contributed by atoms with Gasteiger partial charge in [0.2, 0.25) is 0 Å². The topological polar surface area (TPSA) is 124 Å². The molecule has 0 aliphatic heterocycles. The Balaban J connectivity index is 0. The zero-order valence-electron chi connectivity index (χ0n) is 18.4.